The molecule has 0 radical (unpaired) electrons. The Balaban J connectivity index is 2.21. The average Bonchev–Trinajstić information content (AvgIpc) is 2.41. The molecule has 4 N–H and O–H groups in total. The van der Waals surface area contributed by atoms with Gasteiger partial charge in [-0.25, -0.2) is 0 Å². The quantitative estimate of drug-likeness (QED) is 0.507. The lowest BCUT2D eigenvalue weighted by atomic mass is 9.83. The molecule has 1 aromatic carbocycles. The Kier molecular flexibility index (Phi) is 4.38. The van der Waals surface area contributed by atoms with E-state index in [1.54, 1.807) is 0 Å². The minimum Gasteiger partial charge on any atom is -0.397 e. The van der Waals surface area contributed by atoms with Gasteiger partial charge >= 0.3 is 0 Å². The van der Waals surface area contributed by atoms with Crippen LogP contribution >= 0.6 is 15.9 Å². The SMILES string of the molecule is CC(C)(c1ccc(N)c(N)c1)C(Br)N1CCOCC1. The molecule has 1 fully saturated rings. The van der Waals surface area contributed by atoms with Gasteiger partial charge in [-0.05, 0) is 17.7 Å². The van der Waals surface area contributed by atoms with Crippen molar-refractivity contribution in [2.45, 2.75) is 24.2 Å². The maximum atomic E-state index is 5.92. The predicted molar refractivity (Wildman–Crippen MR) is 83.4 cm³/mol. The summed E-state index contributed by atoms with van der Waals surface area (Å²) in [6.07, 6.45) is 0. The molecule has 5 heteroatoms. The number of anilines is 2. The van der Waals surface area contributed by atoms with Gasteiger partial charge in [0.15, 0.2) is 0 Å². The number of morpholine rings is 1. The van der Waals surface area contributed by atoms with Gasteiger partial charge in [0.2, 0.25) is 0 Å². The number of nitrogens with zero attached hydrogens (tertiary/aromatic N) is 1. The molecule has 1 heterocycles. The highest BCUT2D eigenvalue weighted by molar-refractivity contribution is 9.09. The van der Waals surface area contributed by atoms with Gasteiger partial charge in [-0.3, -0.25) is 4.90 Å². The summed E-state index contributed by atoms with van der Waals surface area (Å²) in [4.78, 5) is 2.64. The maximum Gasteiger partial charge on any atom is 0.0749 e. The molecule has 1 atom stereocenters. The van der Waals surface area contributed by atoms with E-state index < -0.39 is 0 Å². The summed E-state index contributed by atoms with van der Waals surface area (Å²) in [5.41, 5.74) is 14.1. The second kappa shape index (κ2) is 5.69. The van der Waals surface area contributed by atoms with Crippen molar-refractivity contribution < 1.29 is 4.74 Å². The van der Waals surface area contributed by atoms with Gasteiger partial charge in [0.05, 0.1) is 29.5 Å². The molecule has 19 heavy (non-hydrogen) atoms. The van der Waals surface area contributed by atoms with Crippen molar-refractivity contribution in [1.82, 2.24) is 4.90 Å². The van der Waals surface area contributed by atoms with E-state index in [0.717, 1.165) is 26.3 Å². The number of benzene rings is 1. The molecule has 1 aromatic rings. The molecule has 106 valence electrons. The van der Waals surface area contributed by atoms with E-state index in [4.69, 9.17) is 16.2 Å². The molecule has 2 rings (SSSR count). The summed E-state index contributed by atoms with van der Waals surface area (Å²) in [6, 6.07) is 5.91. The Morgan fingerprint density at radius 3 is 2.42 bits per heavy atom. The molecule has 4 nitrogen and oxygen atoms in total. The van der Waals surface area contributed by atoms with Crippen molar-refractivity contribution in [3.05, 3.63) is 23.8 Å². The van der Waals surface area contributed by atoms with Crippen LogP contribution in [0.4, 0.5) is 11.4 Å². The lowest BCUT2D eigenvalue weighted by molar-refractivity contribution is 0.0233. The summed E-state index contributed by atoms with van der Waals surface area (Å²) in [5, 5.41) is 0. The van der Waals surface area contributed by atoms with Crippen LogP contribution in [0.15, 0.2) is 18.2 Å². The van der Waals surface area contributed by atoms with Crippen molar-refractivity contribution in [1.29, 1.82) is 0 Å². The van der Waals surface area contributed by atoms with Crippen LogP contribution < -0.4 is 11.5 Å². The monoisotopic (exact) mass is 327 g/mol. The first-order chi connectivity index (χ1) is 8.93. The van der Waals surface area contributed by atoms with Crippen LogP contribution in [-0.2, 0) is 10.2 Å². The van der Waals surface area contributed by atoms with E-state index in [1.807, 2.05) is 12.1 Å². The van der Waals surface area contributed by atoms with Crippen molar-refractivity contribution in [2.75, 3.05) is 37.8 Å². The zero-order chi connectivity index (χ0) is 14.0. The van der Waals surface area contributed by atoms with Crippen molar-refractivity contribution in [2.24, 2.45) is 0 Å². The Morgan fingerprint density at radius 2 is 1.84 bits per heavy atom. The second-order valence-electron chi connectivity index (χ2n) is 5.55. The highest BCUT2D eigenvalue weighted by Crippen LogP contribution is 2.36. The van der Waals surface area contributed by atoms with E-state index in [9.17, 15) is 0 Å². The predicted octanol–water partition coefficient (Wildman–Crippen LogP) is 2.18. The van der Waals surface area contributed by atoms with Gasteiger partial charge in [-0.2, -0.15) is 0 Å². The third-order valence-electron chi connectivity index (χ3n) is 3.79. The molecule has 1 unspecified atom stereocenters. The molecule has 0 spiro atoms. The summed E-state index contributed by atoms with van der Waals surface area (Å²) < 4.78 is 5.40. The van der Waals surface area contributed by atoms with Crippen LogP contribution in [0, 0.1) is 0 Å². The number of hydrogen-bond acceptors (Lipinski definition) is 4. The fourth-order valence-corrected chi connectivity index (χ4v) is 3.05. The van der Waals surface area contributed by atoms with Crippen LogP contribution in [0.25, 0.3) is 0 Å². The number of ether oxygens (including phenoxy) is 1. The maximum absolute atomic E-state index is 5.92. The molecule has 1 aliphatic heterocycles. The zero-order valence-electron chi connectivity index (χ0n) is 11.5. The van der Waals surface area contributed by atoms with Crippen LogP contribution in [0.1, 0.15) is 19.4 Å². The molecule has 1 saturated heterocycles. The molecule has 0 aromatic heterocycles. The van der Waals surface area contributed by atoms with Crippen molar-refractivity contribution >= 4 is 27.3 Å². The van der Waals surface area contributed by atoms with Gasteiger partial charge in [0, 0.05) is 18.5 Å². The largest absolute Gasteiger partial charge is 0.397 e. The standard InChI is InChI=1S/C14H22BrN3O/c1-14(2,10-3-4-11(16)12(17)9-10)13(15)18-5-7-19-8-6-18/h3-4,9,13H,5-8,16-17H2,1-2H3. The molecule has 0 saturated carbocycles. The fourth-order valence-electron chi connectivity index (χ4n) is 2.37. The topological polar surface area (TPSA) is 64.5 Å². The van der Waals surface area contributed by atoms with Crippen molar-refractivity contribution in [3.8, 4) is 0 Å². The number of alkyl halides is 1. The van der Waals surface area contributed by atoms with Crippen LogP contribution in [0.3, 0.4) is 0 Å². The van der Waals surface area contributed by atoms with Crippen LogP contribution in [-0.4, -0.2) is 36.2 Å². The third kappa shape index (κ3) is 3.04. The second-order valence-corrected chi connectivity index (χ2v) is 6.42. The Hall–Kier alpha value is -0.780. The summed E-state index contributed by atoms with van der Waals surface area (Å²) >= 11 is 3.84. The smallest absolute Gasteiger partial charge is 0.0749 e. The summed E-state index contributed by atoms with van der Waals surface area (Å²) in [5.74, 6) is 0. The number of halogens is 1. The van der Waals surface area contributed by atoms with E-state index in [-0.39, 0.29) is 10.4 Å². The summed E-state index contributed by atoms with van der Waals surface area (Å²) in [6.45, 7) is 7.91. The number of nitrogens with two attached hydrogens (primary N) is 2. The highest BCUT2D eigenvalue weighted by Gasteiger charge is 2.34. The number of hydrogen-bond donors (Lipinski definition) is 2. The number of nitrogen functional groups attached to an aromatic ring is 2. The average molecular weight is 328 g/mol. The van der Waals surface area contributed by atoms with E-state index >= 15 is 0 Å². The Labute approximate surface area is 123 Å². The summed E-state index contributed by atoms with van der Waals surface area (Å²) in [7, 11) is 0. The van der Waals surface area contributed by atoms with E-state index in [0.29, 0.717) is 11.4 Å². The zero-order valence-corrected chi connectivity index (χ0v) is 13.1. The highest BCUT2D eigenvalue weighted by atomic mass is 79.9. The van der Waals surface area contributed by atoms with Crippen LogP contribution in [0.5, 0.6) is 0 Å². The Bertz CT molecular complexity index is 444. The Morgan fingerprint density at radius 1 is 1.21 bits per heavy atom. The number of rotatable bonds is 3. The van der Waals surface area contributed by atoms with Gasteiger partial charge in [0.25, 0.3) is 0 Å². The van der Waals surface area contributed by atoms with Crippen molar-refractivity contribution in [3.63, 3.8) is 0 Å². The van der Waals surface area contributed by atoms with Gasteiger partial charge in [-0.15, -0.1) is 0 Å². The van der Waals surface area contributed by atoms with E-state index in [2.05, 4.69) is 40.7 Å². The first-order valence-corrected chi connectivity index (χ1v) is 7.46. The first-order valence-electron chi connectivity index (χ1n) is 6.54. The normalized spacial score (nSPS) is 19.3. The molecule has 0 amide bonds. The minimum absolute atomic E-state index is 0.0564. The molecule has 0 aliphatic carbocycles. The molecule has 1 aliphatic rings. The minimum atomic E-state index is -0.0564. The van der Waals surface area contributed by atoms with Gasteiger partial charge < -0.3 is 16.2 Å². The fraction of sp³-hybridized carbons (Fsp3) is 0.571. The lowest BCUT2D eigenvalue weighted by Crippen LogP contribution is -2.48. The third-order valence-corrected chi connectivity index (χ3v) is 5.52. The molecular formula is C14H22BrN3O. The molecular weight excluding hydrogens is 306 g/mol. The molecule has 0 bridgehead atoms. The first kappa shape index (κ1) is 14.6. The van der Waals surface area contributed by atoms with E-state index in [1.165, 1.54) is 5.56 Å². The van der Waals surface area contributed by atoms with Crippen LogP contribution in [0.2, 0.25) is 0 Å². The van der Waals surface area contributed by atoms with Gasteiger partial charge in [-0.1, -0.05) is 35.8 Å². The lowest BCUT2D eigenvalue weighted by Gasteiger charge is -2.40. The van der Waals surface area contributed by atoms with Gasteiger partial charge in [0.1, 0.15) is 0 Å².